The number of hydrogen-bond donors (Lipinski definition) is 1. The number of furan rings is 1. The van der Waals surface area contributed by atoms with Crippen molar-refractivity contribution in [1.82, 2.24) is 10.2 Å². The van der Waals surface area contributed by atoms with Gasteiger partial charge in [-0.2, -0.15) is 0 Å². The first kappa shape index (κ1) is 20.2. The molecular formula is C24H25FN2O3. The highest BCUT2D eigenvalue weighted by Gasteiger charge is 2.23. The highest BCUT2D eigenvalue weighted by Crippen LogP contribution is 2.20. The number of carbonyl (C=O) groups excluding carboxylic acids is 1. The van der Waals surface area contributed by atoms with Gasteiger partial charge in [0.2, 0.25) is 0 Å². The van der Waals surface area contributed by atoms with Crippen molar-refractivity contribution in [2.75, 3.05) is 13.2 Å². The molecular weight excluding hydrogens is 383 g/mol. The first-order valence-electron chi connectivity index (χ1n) is 10.2. The maximum Gasteiger partial charge on any atom is 0.251 e. The van der Waals surface area contributed by atoms with Crippen LogP contribution >= 0.6 is 0 Å². The van der Waals surface area contributed by atoms with Crippen molar-refractivity contribution in [2.45, 2.75) is 32.0 Å². The lowest BCUT2D eigenvalue weighted by molar-refractivity contribution is 0.0951. The number of rotatable bonds is 10. The standard InChI is InChI=1S/C24H25FN2O3/c25-22-5-1-2-6-23(22)30-15-13-27(17-21-4-3-14-29-21)16-18-7-9-19(10-8-18)24(28)26-20-11-12-20/h1-10,14,20H,11-13,15-17H2,(H,26,28). The van der Waals surface area contributed by atoms with Gasteiger partial charge in [-0.15, -0.1) is 0 Å². The lowest BCUT2D eigenvalue weighted by Gasteiger charge is -2.21. The summed E-state index contributed by atoms with van der Waals surface area (Å²) >= 11 is 0. The molecule has 4 rings (SSSR count). The van der Waals surface area contributed by atoms with Crippen LogP contribution in [0.25, 0.3) is 0 Å². The molecule has 3 aromatic rings. The molecule has 1 N–H and O–H groups in total. The lowest BCUT2D eigenvalue weighted by atomic mass is 10.1. The average molecular weight is 408 g/mol. The van der Waals surface area contributed by atoms with E-state index in [-0.39, 0.29) is 17.5 Å². The van der Waals surface area contributed by atoms with E-state index in [4.69, 9.17) is 9.15 Å². The molecule has 1 amide bonds. The summed E-state index contributed by atoms with van der Waals surface area (Å²) in [7, 11) is 0. The van der Waals surface area contributed by atoms with E-state index in [1.165, 1.54) is 6.07 Å². The van der Waals surface area contributed by atoms with Crippen LogP contribution in [0.5, 0.6) is 5.75 Å². The van der Waals surface area contributed by atoms with Crippen LogP contribution in [0.1, 0.15) is 34.5 Å². The number of benzene rings is 2. The minimum atomic E-state index is -0.366. The number of hydrogen-bond acceptors (Lipinski definition) is 4. The fourth-order valence-electron chi connectivity index (χ4n) is 3.20. The number of nitrogens with one attached hydrogen (secondary N) is 1. The molecule has 156 valence electrons. The van der Waals surface area contributed by atoms with E-state index in [1.807, 2.05) is 36.4 Å². The van der Waals surface area contributed by atoms with E-state index in [0.717, 1.165) is 24.2 Å². The van der Waals surface area contributed by atoms with Gasteiger partial charge in [-0.3, -0.25) is 9.69 Å². The van der Waals surface area contributed by atoms with Crippen molar-refractivity contribution < 1.29 is 18.3 Å². The predicted octanol–water partition coefficient (Wildman–Crippen LogP) is 4.39. The highest BCUT2D eigenvalue weighted by molar-refractivity contribution is 5.94. The van der Waals surface area contributed by atoms with Crippen molar-refractivity contribution >= 4 is 5.91 Å². The van der Waals surface area contributed by atoms with Crippen LogP contribution < -0.4 is 10.1 Å². The molecule has 1 saturated carbocycles. The molecule has 1 aliphatic rings. The first-order valence-corrected chi connectivity index (χ1v) is 10.2. The molecule has 1 aromatic heterocycles. The molecule has 1 fully saturated rings. The van der Waals surface area contributed by atoms with Crippen molar-refractivity contribution in [3.8, 4) is 5.75 Å². The summed E-state index contributed by atoms with van der Waals surface area (Å²) < 4.78 is 24.9. The monoisotopic (exact) mass is 408 g/mol. The van der Waals surface area contributed by atoms with Crippen LogP contribution in [-0.4, -0.2) is 30.0 Å². The molecule has 0 saturated heterocycles. The Labute approximate surface area is 175 Å². The van der Waals surface area contributed by atoms with Crippen molar-refractivity contribution in [1.29, 1.82) is 0 Å². The van der Waals surface area contributed by atoms with Gasteiger partial charge in [0.25, 0.3) is 5.91 Å². The van der Waals surface area contributed by atoms with Crippen LogP contribution in [0.15, 0.2) is 71.3 Å². The molecule has 2 aromatic carbocycles. The molecule has 0 atom stereocenters. The number of nitrogens with zero attached hydrogens (tertiary/aromatic N) is 1. The second-order valence-electron chi connectivity index (χ2n) is 7.51. The highest BCUT2D eigenvalue weighted by atomic mass is 19.1. The van der Waals surface area contributed by atoms with E-state index in [9.17, 15) is 9.18 Å². The molecule has 1 aliphatic carbocycles. The zero-order chi connectivity index (χ0) is 20.8. The average Bonchev–Trinajstić information content (AvgIpc) is 3.41. The molecule has 6 heteroatoms. The molecule has 5 nitrogen and oxygen atoms in total. The Morgan fingerprint density at radius 2 is 1.87 bits per heavy atom. The second kappa shape index (κ2) is 9.59. The van der Waals surface area contributed by atoms with Crippen LogP contribution in [0.4, 0.5) is 4.39 Å². The fourth-order valence-corrected chi connectivity index (χ4v) is 3.20. The van der Waals surface area contributed by atoms with Gasteiger partial charge in [0.05, 0.1) is 12.8 Å². The SMILES string of the molecule is O=C(NC1CC1)c1ccc(CN(CCOc2ccccc2F)Cc2ccco2)cc1. The Kier molecular flexibility index (Phi) is 6.44. The zero-order valence-electron chi connectivity index (χ0n) is 16.7. The topological polar surface area (TPSA) is 54.7 Å². The minimum Gasteiger partial charge on any atom is -0.489 e. The minimum absolute atomic E-state index is 0.0187. The molecule has 1 heterocycles. The third kappa shape index (κ3) is 5.70. The quantitative estimate of drug-likeness (QED) is 0.541. The van der Waals surface area contributed by atoms with Crippen LogP contribution in [0.2, 0.25) is 0 Å². The first-order chi connectivity index (χ1) is 14.7. The normalized spacial score (nSPS) is 13.4. The Morgan fingerprint density at radius 1 is 1.07 bits per heavy atom. The van der Waals surface area contributed by atoms with Crippen molar-refractivity contribution in [3.05, 3.63) is 89.6 Å². The molecule has 0 bridgehead atoms. The molecule has 0 spiro atoms. The number of para-hydroxylation sites is 1. The van der Waals surface area contributed by atoms with E-state index < -0.39 is 0 Å². The largest absolute Gasteiger partial charge is 0.489 e. The second-order valence-corrected chi connectivity index (χ2v) is 7.51. The summed E-state index contributed by atoms with van der Waals surface area (Å²) in [5, 5.41) is 3.00. The van der Waals surface area contributed by atoms with E-state index in [1.54, 1.807) is 24.5 Å². The third-order valence-electron chi connectivity index (χ3n) is 5.00. The fraction of sp³-hybridized carbons (Fsp3) is 0.292. The van der Waals surface area contributed by atoms with Gasteiger partial charge in [-0.25, -0.2) is 4.39 Å². The van der Waals surface area contributed by atoms with Gasteiger partial charge in [0.1, 0.15) is 12.4 Å². The summed E-state index contributed by atoms with van der Waals surface area (Å²) in [4.78, 5) is 14.3. The van der Waals surface area contributed by atoms with Gasteiger partial charge in [-0.05, 0) is 54.8 Å². The van der Waals surface area contributed by atoms with Crippen LogP contribution in [0.3, 0.4) is 0 Å². The molecule has 30 heavy (non-hydrogen) atoms. The Morgan fingerprint density at radius 3 is 2.57 bits per heavy atom. The van der Waals surface area contributed by atoms with Crippen molar-refractivity contribution in [2.24, 2.45) is 0 Å². The van der Waals surface area contributed by atoms with E-state index in [0.29, 0.717) is 37.8 Å². The number of ether oxygens (including phenoxy) is 1. The molecule has 0 unspecified atom stereocenters. The van der Waals surface area contributed by atoms with E-state index in [2.05, 4.69) is 10.2 Å². The zero-order valence-corrected chi connectivity index (χ0v) is 16.7. The number of amides is 1. The maximum absolute atomic E-state index is 13.8. The number of halogens is 1. The van der Waals surface area contributed by atoms with Gasteiger partial charge in [0.15, 0.2) is 11.6 Å². The van der Waals surface area contributed by atoms with Gasteiger partial charge in [-0.1, -0.05) is 24.3 Å². The smallest absolute Gasteiger partial charge is 0.251 e. The van der Waals surface area contributed by atoms with Crippen LogP contribution in [-0.2, 0) is 13.1 Å². The predicted molar refractivity (Wildman–Crippen MR) is 112 cm³/mol. The Balaban J connectivity index is 1.36. The summed E-state index contributed by atoms with van der Waals surface area (Å²) in [5.74, 6) is 0.715. The lowest BCUT2D eigenvalue weighted by Crippen LogP contribution is -2.28. The summed E-state index contributed by atoms with van der Waals surface area (Å²) in [6.07, 6.45) is 3.79. The summed E-state index contributed by atoms with van der Waals surface area (Å²) in [5.41, 5.74) is 1.75. The number of carbonyl (C=O) groups is 1. The molecule has 0 radical (unpaired) electrons. The van der Waals surface area contributed by atoms with Gasteiger partial charge in [0, 0.05) is 24.7 Å². The Hall–Kier alpha value is -3.12. The Bertz CT molecular complexity index is 953. The van der Waals surface area contributed by atoms with Gasteiger partial charge >= 0.3 is 0 Å². The van der Waals surface area contributed by atoms with Crippen LogP contribution in [0, 0.1) is 5.82 Å². The summed E-state index contributed by atoms with van der Waals surface area (Å²) in [6.45, 7) is 2.21. The van der Waals surface area contributed by atoms with Crippen molar-refractivity contribution in [3.63, 3.8) is 0 Å². The summed E-state index contributed by atoms with van der Waals surface area (Å²) in [6, 6.07) is 18.2. The van der Waals surface area contributed by atoms with E-state index >= 15 is 0 Å². The maximum atomic E-state index is 13.8. The molecule has 0 aliphatic heterocycles. The third-order valence-corrected chi connectivity index (χ3v) is 5.00. The van der Waals surface area contributed by atoms with Gasteiger partial charge < -0.3 is 14.5 Å².